The van der Waals surface area contributed by atoms with Crippen LogP contribution in [0.3, 0.4) is 0 Å². The lowest BCUT2D eigenvalue weighted by Crippen LogP contribution is -2.52. The zero-order chi connectivity index (χ0) is 21.8. The van der Waals surface area contributed by atoms with E-state index in [0.29, 0.717) is 12.4 Å². The zero-order valence-electron chi connectivity index (χ0n) is 17.8. The predicted molar refractivity (Wildman–Crippen MR) is 129 cm³/mol. The molecule has 3 aliphatic rings. The summed E-state index contributed by atoms with van der Waals surface area (Å²) in [6.45, 7) is 6.88. The Labute approximate surface area is 195 Å². The molecule has 5 rings (SSSR count). The Kier molecular flexibility index (Phi) is 5.39. The molecule has 1 atom stereocenters. The third kappa shape index (κ3) is 3.33. The van der Waals surface area contributed by atoms with Gasteiger partial charge in [0.1, 0.15) is 0 Å². The minimum atomic E-state index is -1.04. The van der Waals surface area contributed by atoms with Gasteiger partial charge in [-0.25, -0.2) is 0 Å². The van der Waals surface area contributed by atoms with E-state index in [9.17, 15) is 9.59 Å². The largest absolute Gasteiger partial charge is 0.295 e. The van der Waals surface area contributed by atoms with E-state index < -0.39 is 4.87 Å². The second kappa shape index (κ2) is 7.94. The van der Waals surface area contributed by atoms with Gasteiger partial charge < -0.3 is 0 Å². The third-order valence-corrected chi connectivity index (χ3v) is 8.94. The van der Waals surface area contributed by atoms with Crippen molar-refractivity contribution in [2.24, 2.45) is 5.92 Å². The van der Waals surface area contributed by atoms with Crippen LogP contribution in [0.4, 0.5) is 11.4 Å². The first-order chi connectivity index (χ1) is 14.9. The number of para-hydroxylation sites is 1. The van der Waals surface area contributed by atoms with Crippen LogP contribution in [0.1, 0.15) is 30.9 Å². The Morgan fingerprint density at radius 3 is 2.61 bits per heavy atom. The van der Waals surface area contributed by atoms with E-state index in [0.717, 1.165) is 58.8 Å². The zero-order valence-corrected chi connectivity index (χ0v) is 20.2. The summed E-state index contributed by atoms with van der Waals surface area (Å²) in [5, 5.41) is 0. The number of thioether (sulfide) groups is 1. The van der Waals surface area contributed by atoms with Crippen LogP contribution in [0.15, 0.2) is 46.9 Å². The Morgan fingerprint density at radius 1 is 1.13 bits per heavy atom. The number of benzene rings is 2. The molecule has 0 radical (unpaired) electrons. The highest BCUT2D eigenvalue weighted by Gasteiger charge is 2.61. The summed E-state index contributed by atoms with van der Waals surface area (Å²) in [4.78, 5) is 32.2. The van der Waals surface area contributed by atoms with Crippen molar-refractivity contribution >= 4 is 50.9 Å². The number of aryl methyl sites for hydroxylation is 1. The maximum Gasteiger partial charge on any atom is 0.269 e. The molecule has 2 saturated heterocycles. The van der Waals surface area contributed by atoms with E-state index in [1.54, 1.807) is 4.90 Å². The molecule has 0 N–H and O–H groups in total. The van der Waals surface area contributed by atoms with Crippen LogP contribution in [0.25, 0.3) is 0 Å². The third-order valence-electron chi connectivity index (χ3n) is 6.70. The molecule has 0 aliphatic carbocycles. The van der Waals surface area contributed by atoms with Gasteiger partial charge in [0.05, 0.1) is 18.1 Å². The molecule has 0 saturated carbocycles. The Hall–Kier alpha value is -1.83. The molecule has 162 valence electrons. The number of rotatable bonds is 3. The number of hydrogen-bond donors (Lipinski definition) is 0. The standard InChI is InChI=1S/C24H26BrN3O2S/c1-16-9-11-26(12-10-16)15-27-21-6-4-3-5-19(21)24(23(27)30)28(22(29)14-31-24)18-8-7-17(2)20(25)13-18/h3-8,13,16H,9-12,14-15H2,1-2H3/t24-/m1/s1. The molecule has 7 heteroatoms. The van der Waals surface area contributed by atoms with Crippen LogP contribution >= 0.6 is 27.7 Å². The molecule has 2 fully saturated rings. The lowest BCUT2D eigenvalue weighted by atomic mass is 10.00. The van der Waals surface area contributed by atoms with E-state index in [2.05, 4.69) is 27.8 Å². The van der Waals surface area contributed by atoms with Crippen LogP contribution in [0.2, 0.25) is 0 Å². The summed E-state index contributed by atoms with van der Waals surface area (Å²) in [6.07, 6.45) is 2.32. The number of fused-ring (bicyclic) bond motifs is 2. The minimum Gasteiger partial charge on any atom is -0.295 e. The monoisotopic (exact) mass is 499 g/mol. The van der Waals surface area contributed by atoms with Crippen LogP contribution in [0, 0.1) is 12.8 Å². The summed E-state index contributed by atoms with van der Waals surface area (Å²) in [5.74, 6) is 0.987. The number of halogens is 1. The normalized spacial score (nSPS) is 24.5. The lowest BCUT2D eigenvalue weighted by Gasteiger charge is -2.36. The van der Waals surface area contributed by atoms with E-state index in [1.165, 1.54) is 11.8 Å². The van der Waals surface area contributed by atoms with E-state index in [-0.39, 0.29) is 11.8 Å². The van der Waals surface area contributed by atoms with Gasteiger partial charge in [0.2, 0.25) is 10.8 Å². The topological polar surface area (TPSA) is 43.9 Å². The van der Waals surface area contributed by atoms with E-state index in [1.807, 2.05) is 54.3 Å². The number of likely N-dealkylation sites (tertiary alicyclic amines) is 1. The van der Waals surface area contributed by atoms with Crippen LogP contribution < -0.4 is 9.80 Å². The molecular formula is C24H26BrN3O2S. The van der Waals surface area contributed by atoms with E-state index >= 15 is 0 Å². The van der Waals surface area contributed by atoms with Crippen molar-refractivity contribution in [1.82, 2.24) is 4.90 Å². The van der Waals surface area contributed by atoms with Crippen molar-refractivity contribution < 1.29 is 9.59 Å². The van der Waals surface area contributed by atoms with Crippen molar-refractivity contribution in [2.75, 3.05) is 35.3 Å². The number of piperidine rings is 1. The summed E-state index contributed by atoms with van der Waals surface area (Å²) in [7, 11) is 0. The van der Waals surface area contributed by atoms with Gasteiger partial charge in [-0.1, -0.05) is 47.1 Å². The average molecular weight is 500 g/mol. The van der Waals surface area contributed by atoms with Crippen LogP contribution in [0.5, 0.6) is 0 Å². The fraction of sp³-hybridized carbons (Fsp3) is 0.417. The smallest absolute Gasteiger partial charge is 0.269 e. The number of carbonyl (C=O) groups is 2. The number of hydrogen-bond acceptors (Lipinski definition) is 4. The SMILES string of the molecule is Cc1ccc(N2C(=O)CS[C@]23C(=O)N(CN2CCC(C)CC2)c2ccccc23)cc1Br. The van der Waals surface area contributed by atoms with Crippen molar-refractivity contribution in [2.45, 2.75) is 31.6 Å². The highest BCUT2D eigenvalue weighted by molar-refractivity contribution is 9.10. The summed E-state index contributed by atoms with van der Waals surface area (Å²) in [6, 6.07) is 13.8. The molecule has 3 heterocycles. The van der Waals surface area contributed by atoms with Gasteiger partial charge in [-0.15, -0.1) is 11.8 Å². The van der Waals surface area contributed by atoms with Gasteiger partial charge in [0.25, 0.3) is 5.91 Å². The summed E-state index contributed by atoms with van der Waals surface area (Å²) in [5.41, 5.74) is 3.68. The van der Waals surface area contributed by atoms with Gasteiger partial charge in [-0.2, -0.15) is 0 Å². The quantitative estimate of drug-likeness (QED) is 0.612. The molecule has 3 aliphatic heterocycles. The van der Waals surface area contributed by atoms with E-state index in [4.69, 9.17) is 0 Å². The Balaban J connectivity index is 1.57. The maximum atomic E-state index is 14.1. The van der Waals surface area contributed by atoms with Gasteiger partial charge in [-0.3, -0.25) is 24.3 Å². The second-order valence-corrected chi connectivity index (χ2v) is 10.8. The molecule has 0 unspecified atom stereocenters. The van der Waals surface area contributed by atoms with Crippen molar-refractivity contribution in [3.63, 3.8) is 0 Å². The first-order valence-corrected chi connectivity index (χ1v) is 12.6. The predicted octanol–water partition coefficient (Wildman–Crippen LogP) is 4.73. The first kappa shape index (κ1) is 21.0. The number of carbonyl (C=O) groups excluding carboxylic acids is 2. The van der Waals surface area contributed by atoms with Crippen LogP contribution in [-0.4, -0.2) is 42.2 Å². The van der Waals surface area contributed by atoms with Gasteiger partial charge in [0.15, 0.2) is 0 Å². The maximum absolute atomic E-state index is 14.1. The molecule has 2 aromatic carbocycles. The molecule has 1 spiro atoms. The van der Waals surface area contributed by atoms with Gasteiger partial charge >= 0.3 is 0 Å². The fourth-order valence-corrected chi connectivity index (χ4v) is 6.55. The Morgan fingerprint density at radius 2 is 1.87 bits per heavy atom. The lowest BCUT2D eigenvalue weighted by molar-refractivity contribution is -0.124. The van der Waals surface area contributed by atoms with Crippen molar-refractivity contribution in [3.8, 4) is 0 Å². The summed E-state index contributed by atoms with van der Waals surface area (Å²) < 4.78 is 0.933. The average Bonchev–Trinajstić information content (AvgIpc) is 3.23. The van der Waals surface area contributed by atoms with Gasteiger partial charge in [-0.05, 0) is 49.4 Å². The van der Waals surface area contributed by atoms with Crippen molar-refractivity contribution in [3.05, 3.63) is 58.1 Å². The minimum absolute atomic E-state index is 0.0140. The number of amides is 2. The highest BCUT2D eigenvalue weighted by Crippen LogP contribution is 2.55. The molecule has 5 nitrogen and oxygen atoms in total. The van der Waals surface area contributed by atoms with Crippen LogP contribution in [-0.2, 0) is 14.5 Å². The molecule has 0 bridgehead atoms. The fourth-order valence-electron chi connectivity index (χ4n) is 4.82. The Bertz CT molecular complexity index is 1050. The van der Waals surface area contributed by atoms with Crippen molar-refractivity contribution in [1.29, 1.82) is 0 Å². The second-order valence-electron chi connectivity index (χ2n) is 8.79. The molecule has 0 aromatic heterocycles. The molecule has 31 heavy (non-hydrogen) atoms. The number of anilines is 2. The first-order valence-electron chi connectivity index (χ1n) is 10.8. The number of nitrogens with zero attached hydrogens (tertiary/aromatic N) is 3. The molecular weight excluding hydrogens is 474 g/mol. The molecule has 2 aromatic rings. The van der Waals surface area contributed by atoms with Gasteiger partial charge in [0, 0.05) is 28.8 Å². The summed E-state index contributed by atoms with van der Waals surface area (Å²) >= 11 is 5.03. The molecule has 2 amide bonds. The highest BCUT2D eigenvalue weighted by atomic mass is 79.9.